The molecule has 0 saturated heterocycles. The zero-order valence-electron chi connectivity index (χ0n) is 12.0. The number of anilines is 1. The van der Waals surface area contributed by atoms with Crippen LogP contribution in [0.15, 0.2) is 53.3 Å². The average molecular weight is 342 g/mol. The molecule has 106 valence electrons. The van der Waals surface area contributed by atoms with Gasteiger partial charge in [-0.1, -0.05) is 28.1 Å². The summed E-state index contributed by atoms with van der Waals surface area (Å²) in [7, 11) is 0. The average Bonchev–Trinajstić information content (AvgIpc) is 2.48. The number of hydrogen-bond donors (Lipinski definition) is 1. The molecule has 0 radical (unpaired) electrons. The molecular formula is C17H16BrN3. The van der Waals surface area contributed by atoms with Crippen LogP contribution in [0.25, 0.3) is 10.8 Å². The molecule has 0 spiro atoms. The Hall–Kier alpha value is -1.94. The first-order valence-corrected chi connectivity index (χ1v) is 7.66. The monoisotopic (exact) mass is 341 g/mol. The number of hydrogen-bond acceptors (Lipinski definition) is 3. The second-order valence-electron chi connectivity index (χ2n) is 5.10. The highest BCUT2D eigenvalue weighted by atomic mass is 79.9. The minimum Gasteiger partial charge on any atom is -0.377 e. The number of aryl methyl sites for hydroxylation is 1. The number of nitrogens with one attached hydrogen (secondary N) is 1. The van der Waals surface area contributed by atoms with Crippen LogP contribution in [0.5, 0.6) is 0 Å². The molecule has 21 heavy (non-hydrogen) atoms. The Kier molecular flexibility index (Phi) is 3.88. The van der Waals surface area contributed by atoms with E-state index in [4.69, 9.17) is 0 Å². The maximum Gasteiger partial charge on any atom is 0.0835 e. The maximum atomic E-state index is 4.42. The summed E-state index contributed by atoms with van der Waals surface area (Å²) in [4.78, 5) is 8.71. The van der Waals surface area contributed by atoms with E-state index in [1.165, 1.54) is 10.8 Å². The molecule has 0 aliphatic rings. The van der Waals surface area contributed by atoms with Crippen LogP contribution in [-0.4, -0.2) is 9.97 Å². The van der Waals surface area contributed by atoms with Crippen molar-refractivity contribution in [3.05, 3.63) is 64.7 Å². The first-order chi connectivity index (χ1) is 10.1. The maximum absolute atomic E-state index is 4.42. The quantitative estimate of drug-likeness (QED) is 0.738. The summed E-state index contributed by atoms with van der Waals surface area (Å²) in [5.41, 5.74) is 3.03. The molecule has 3 nitrogen and oxygen atoms in total. The van der Waals surface area contributed by atoms with Gasteiger partial charge >= 0.3 is 0 Å². The van der Waals surface area contributed by atoms with Crippen molar-refractivity contribution in [1.82, 2.24) is 9.97 Å². The van der Waals surface area contributed by atoms with Crippen LogP contribution in [0.3, 0.4) is 0 Å². The van der Waals surface area contributed by atoms with Gasteiger partial charge in [-0.2, -0.15) is 0 Å². The Morgan fingerprint density at radius 2 is 1.71 bits per heavy atom. The SMILES string of the molecule is Cc1nccnc1C(C)Nc1ccc2cc(Br)ccc2c1. The molecule has 0 bridgehead atoms. The van der Waals surface area contributed by atoms with E-state index in [1.54, 1.807) is 12.4 Å². The number of nitrogens with zero attached hydrogens (tertiary/aromatic N) is 2. The van der Waals surface area contributed by atoms with Gasteiger partial charge in [0.1, 0.15) is 0 Å². The Labute approximate surface area is 132 Å². The van der Waals surface area contributed by atoms with Gasteiger partial charge in [-0.3, -0.25) is 9.97 Å². The summed E-state index contributed by atoms with van der Waals surface area (Å²) < 4.78 is 1.10. The molecule has 0 aliphatic carbocycles. The molecule has 0 aliphatic heterocycles. The second kappa shape index (κ2) is 5.82. The molecule has 0 amide bonds. The van der Waals surface area contributed by atoms with Crippen LogP contribution in [-0.2, 0) is 0 Å². The second-order valence-corrected chi connectivity index (χ2v) is 6.01. The van der Waals surface area contributed by atoms with E-state index < -0.39 is 0 Å². The van der Waals surface area contributed by atoms with Crippen molar-refractivity contribution in [3.8, 4) is 0 Å². The van der Waals surface area contributed by atoms with Crippen molar-refractivity contribution < 1.29 is 0 Å². The predicted octanol–water partition coefficient (Wildman–Crippen LogP) is 4.87. The van der Waals surface area contributed by atoms with Gasteiger partial charge in [0, 0.05) is 22.6 Å². The fourth-order valence-corrected chi connectivity index (χ4v) is 2.85. The lowest BCUT2D eigenvalue weighted by atomic mass is 10.1. The van der Waals surface area contributed by atoms with Gasteiger partial charge in [0.15, 0.2) is 0 Å². The number of fused-ring (bicyclic) bond motifs is 1. The summed E-state index contributed by atoms with van der Waals surface area (Å²) in [6.07, 6.45) is 3.46. The number of rotatable bonds is 3. The van der Waals surface area contributed by atoms with Crippen LogP contribution in [0.2, 0.25) is 0 Å². The van der Waals surface area contributed by atoms with Gasteiger partial charge in [0.2, 0.25) is 0 Å². The fourth-order valence-electron chi connectivity index (χ4n) is 2.47. The molecule has 1 heterocycles. The molecule has 1 N–H and O–H groups in total. The van der Waals surface area contributed by atoms with E-state index in [2.05, 4.69) is 74.5 Å². The predicted molar refractivity (Wildman–Crippen MR) is 90.5 cm³/mol. The van der Waals surface area contributed by atoms with Crippen LogP contribution in [0.4, 0.5) is 5.69 Å². The van der Waals surface area contributed by atoms with Crippen LogP contribution in [0.1, 0.15) is 24.4 Å². The van der Waals surface area contributed by atoms with Crippen LogP contribution >= 0.6 is 15.9 Å². The largest absolute Gasteiger partial charge is 0.377 e. The standard InChI is InChI=1S/C17H16BrN3/c1-11-17(20-8-7-19-11)12(2)21-16-6-4-13-9-15(18)5-3-14(13)10-16/h3-10,12,21H,1-2H3. The lowest BCUT2D eigenvalue weighted by Crippen LogP contribution is -2.10. The Morgan fingerprint density at radius 3 is 2.52 bits per heavy atom. The summed E-state index contributed by atoms with van der Waals surface area (Å²) in [6.45, 7) is 4.08. The van der Waals surface area contributed by atoms with Gasteiger partial charge in [0.05, 0.1) is 17.4 Å². The lowest BCUT2D eigenvalue weighted by molar-refractivity contribution is 0.810. The summed E-state index contributed by atoms with van der Waals surface area (Å²) >= 11 is 3.50. The third-order valence-corrected chi connectivity index (χ3v) is 4.01. The Morgan fingerprint density at radius 1 is 1.00 bits per heavy atom. The van der Waals surface area contributed by atoms with E-state index >= 15 is 0 Å². The molecule has 1 atom stereocenters. The smallest absolute Gasteiger partial charge is 0.0835 e. The summed E-state index contributed by atoms with van der Waals surface area (Å²) in [6, 6.07) is 12.8. The molecular weight excluding hydrogens is 326 g/mol. The summed E-state index contributed by atoms with van der Waals surface area (Å²) in [5.74, 6) is 0. The zero-order valence-corrected chi connectivity index (χ0v) is 13.6. The minimum atomic E-state index is 0.117. The van der Waals surface area contributed by atoms with E-state index in [0.717, 1.165) is 21.5 Å². The van der Waals surface area contributed by atoms with Crippen molar-refractivity contribution in [3.63, 3.8) is 0 Å². The third-order valence-electron chi connectivity index (χ3n) is 3.51. The molecule has 4 heteroatoms. The van der Waals surface area contributed by atoms with Gasteiger partial charge in [-0.25, -0.2) is 0 Å². The fraction of sp³-hybridized carbons (Fsp3) is 0.176. The van der Waals surface area contributed by atoms with E-state index in [1.807, 2.05) is 6.92 Å². The third kappa shape index (κ3) is 3.05. The van der Waals surface area contributed by atoms with Gasteiger partial charge in [-0.15, -0.1) is 0 Å². The number of aromatic nitrogens is 2. The van der Waals surface area contributed by atoms with Crippen LogP contribution in [0, 0.1) is 6.92 Å². The van der Waals surface area contributed by atoms with Gasteiger partial charge in [-0.05, 0) is 48.9 Å². The number of halogens is 1. The lowest BCUT2D eigenvalue weighted by Gasteiger charge is -2.16. The van der Waals surface area contributed by atoms with Crippen molar-refractivity contribution in [2.75, 3.05) is 5.32 Å². The Bertz CT molecular complexity index is 786. The summed E-state index contributed by atoms with van der Waals surface area (Å²) in [5, 5.41) is 5.93. The molecule has 0 fully saturated rings. The van der Waals surface area contributed by atoms with Gasteiger partial charge in [0.25, 0.3) is 0 Å². The molecule has 2 aromatic carbocycles. The molecule has 1 unspecified atom stereocenters. The van der Waals surface area contributed by atoms with Gasteiger partial charge < -0.3 is 5.32 Å². The number of benzene rings is 2. The normalized spacial score (nSPS) is 12.3. The Balaban J connectivity index is 1.88. The van der Waals surface area contributed by atoms with Crippen LogP contribution < -0.4 is 5.32 Å². The van der Waals surface area contributed by atoms with Crippen molar-refractivity contribution in [2.24, 2.45) is 0 Å². The topological polar surface area (TPSA) is 37.8 Å². The van der Waals surface area contributed by atoms with Crippen molar-refractivity contribution in [2.45, 2.75) is 19.9 Å². The van der Waals surface area contributed by atoms with E-state index in [9.17, 15) is 0 Å². The first-order valence-electron chi connectivity index (χ1n) is 6.87. The van der Waals surface area contributed by atoms with Crippen molar-refractivity contribution in [1.29, 1.82) is 0 Å². The minimum absolute atomic E-state index is 0.117. The highest BCUT2D eigenvalue weighted by Crippen LogP contribution is 2.25. The molecule has 3 rings (SSSR count). The molecule has 3 aromatic rings. The van der Waals surface area contributed by atoms with Crippen molar-refractivity contribution >= 4 is 32.4 Å². The van der Waals surface area contributed by atoms with E-state index in [-0.39, 0.29) is 6.04 Å². The zero-order chi connectivity index (χ0) is 14.8. The first kappa shape index (κ1) is 14.0. The highest BCUT2D eigenvalue weighted by Gasteiger charge is 2.10. The molecule has 1 aromatic heterocycles. The highest BCUT2D eigenvalue weighted by molar-refractivity contribution is 9.10. The molecule has 0 saturated carbocycles. The van der Waals surface area contributed by atoms with E-state index in [0.29, 0.717) is 0 Å².